The number of para-hydroxylation sites is 2. The number of nitrogens with zero attached hydrogens (tertiary/aromatic N) is 2. The Morgan fingerprint density at radius 2 is 0.854 bits per heavy atom. The van der Waals surface area contributed by atoms with Gasteiger partial charge >= 0.3 is 12.4 Å². The van der Waals surface area contributed by atoms with E-state index in [9.17, 15) is 13.2 Å². The van der Waals surface area contributed by atoms with Gasteiger partial charge in [0.05, 0.1) is 44.6 Å². The first-order valence-corrected chi connectivity index (χ1v) is 15.3. The van der Waals surface area contributed by atoms with Crippen molar-refractivity contribution < 1.29 is 26.3 Å². The van der Waals surface area contributed by atoms with Crippen LogP contribution in [0, 0.1) is 13.8 Å². The van der Waals surface area contributed by atoms with E-state index in [4.69, 9.17) is 0 Å². The van der Waals surface area contributed by atoms with Gasteiger partial charge in [-0.1, -0.05) is 78.9 Å². The van der Waals surface area contributed by atoms with Gasteiger partial charge in [-0.05, 0) is 73.0 Å². The zero-order valence-corrected chi connectivity index (χ0v) is 25.7. The van der Waals surface area contributed by atoms with Gasteiger partial charge in [-0.15, -0.1) is 0 Å². The lowest BCUT2D eigenvalue weighted by molar-refractivity contribution is -0.138. The van der Waals surface area contributed by atoms with Crippen LogP contribution in [0.5, 0.6) is 0 Å². The number of halogens is 6. The number of aromatic nitrogens is 2. The predicted octanol–water partition coefficient (Wildman–Crippen LogP) is 12.2. The fraction of sp³-hybridized carbons (Fsp3) is 0.100. The molecule has 0 amide bonds. The molecule has 0 bridgehead atoms. The van der Waals surface area contributed by atoms with E-state index in [1.54, 1.807) is 28.8 Å². The Labute approximate surface area is 271 Å². The van der Waals surface area contributed by atoms with Crippen molar-refractivity contribution in [2.24, 2.45) is 0 Å². The molecule has 0 fully saturated rings. The Bertz CT molecular complexity index is 2560. The highest BCUT2D eigenvalue weighted by Gasteiger charge is 2.38. The Morgan fingerprint density at radius 3 is 1.40 bits per heavy atom. The van der Waals surface area contributed by atoms with Gasteiger partial charge in [0.25, 0.3) is 0 Å². The second-order valence-electron chi connectivity index (χ2n) is 12.2. The van der Waals surface area contributed by atoms with E-state index in [1.165, 1.54) is 28.8 Å². The zero-order chi connectivity index (χ0) is 33.5. The number of benzene rings is 6. The fourth-order valence-corrected chi connectivity index (χ4v) is 7.04. The molecule has 6 aromatic carbocycles. The molecule has 0 saturated carbocycles. The lowest BCUT2D eigenvalue weighted by Crippen LogP contribution is -2.14. The largest absolute Gasteiger partial charge is 0.418 e. The maximum atomic E-state index is 15.4. The second kappa shape index (κ2) is 10.5. The molecule has 0 aliphatic heterocycles. The van der Waals surface area contributed by atoms with Crippen molar-refractivity contribution in [1.82, 2.24) is 9.13 Å². The van der Waals surface area contributed by atoms with Gasteiger partial charge in [0, 0.05) is 27.1 Å². The number of alkyl halides is 6. The number of hydrogen-bond donors (Lipinski definition) is 0. The summed E-state index contributed by atoms with van der Waals surface area (Å²) in [6, 6.07) is 33.0. The molecule has 0 aliphatic carbocycles. The summed E-state index contributed by atoms with van der Waals surface area (Å²) in [6.45, 7) is 3.72. The van der Waals surface area contributed by atoms with Gasteiger partial charge in [-0.25, -0.2) is 0 Å². The third-order valence-electron chi connectivity index (χ3n) is 9.08. The summed E-state index contributed by atoms with van der Waals surface area (Å²) in [5, 5.41) is 3.03. The van der Waals surface area contributed by atoms with Crippen molar-refractivity contribution in [1.29, 1.82) is 0 Å². The van der Waals surface area contributed by atoms with Crippen molar-refractivity contribution in [3.05, 3.63) is 144 Å². The molecule has 2 nitrogen and oxygen atoms in total. The predicted molar refractivity (Wildman–Crippen MR) is 180 cm³/mol. The number of rotatable bonds is 3. The standard InChI is InChI=1S/C40H26F6N2/c1-23-15-17-28-26-10-4-7-13-33(26)47(35(28)19-23)37-22-32(40(44,45)46)38(21-30(37)25-9-3-6-12-31(25)39(41,42)43)48-34-14-8-5-11-27(34)29-18-16-24(2)20-36(29)48/h3-22H,1-2H3. The van der Waals surface area contributed by atoms with Crippen LogP contribution in [0.3, 0.4) is 0 Å². The van der Waals surface area contributed by atoms with Crippen LogP contribution in [-0.4, -0.2) is 9.13 Å². The molecule has 8 rings (SSSR count). The molecule has 8 aromatic rings. The quantitative estimate of drug-likeness (QED) is 0.169. The second-order valence-corrected chi connectivity index (χ2v) is 12.2. The molecule has 0 N–H and O–H groups in total. The van der Waals surface area contributed by atoms with E-state index >= 15 is 13.2 Å². The number of aryl methyl sites for hydroxylation is 2. The monoisotopic (exact) mass is 648 g/mol. The number of fused-ring (bicyclic) bond motifs is 6. The van der Waals surface area contributed by atoms with E-state index in [-0.39, 0.29) is 22.5 Å². The first-order valence-electron chi connectivity index (χ1n) is 15.3. The molecule has 0 unspecified atom stereocenters. The topological polar surface area (TPSA) is 9.86 Å². The third kappa shape index (κ3) is 4.58. The number of hydrogen-bond acceptors (Lipinski definition) is 0. The SMILES string of the molecule is Cc1ccc2c3ccccc3n(-c3cc(C(F)(F)F)c(-n4c5ccccc5c5ccc(C)cc54)cc3-c3ccccc3C(F)(F)F)c2c1. The normalized spacial score (nSPS) is 12.6. The van der Waals surface area contributed by atoms with Crippen LogP contribution in [-0.2, 0) is 12.4 Å². The molecular weight excluding hydrogens is 622 g/mol. The van der Waals surface area contributed by atoms with Gasteiger partial charge in [-0.2, -0.15) is 26.3 Å². The summed E-state index contributed by atoms with van der Waals surface area (Å²) in [5.41, 5.74) is 1.55. The average Bonchev–Trinajstić information content (AvgIpc) is 3.55. The highest BCUT2D eigenvalue weighted by Crippen LogP contribution is 2.47. The van der Waals surface area contributed by atoms with E-state index < -0.39 is 23.5 Å². The molecule has 0 saturated heterocycles. The molecular formula is C40H26F6N2. The van der Waals surface area contributed by atoms with Crippen LogP contribution >= 0.6 is 0 Å². The minimum atomic E-state index is -4.86. The maximum absolute atomic E-state index is 15.4. The van der Waals surface area contributed by atoms with Gasteiger partial charge < -0.3 is 9.13 Å². The first-order chi connectivity index (χ1) is 22.9. The molecule has 0 atom stereocenters. The van der Waals surface area contributed by atoms with Crippen molar-refractivity contribution in [2.75, 3.05) is 0 Å². The van der Waals surface area contributed by atoms with Crippen LogP contribution in [0.15, 0.2) is 121 Å². The van der Waals surface area contributed by atoms with Crippen molar-refractivity contribution in [3.63, 3.8) is 0 Å². The Morgan fingerprint density at radius 1 is 0.396 bits per heavy atom. The highest BCUT2D eigenvalue weighted by molar-refractivity contribution is 6.11. The summed E-state index contributed by atoms with van der Waals surface area (Å²) in [6.07, 6.45) is -9.62. The summed E-state index contributed by atoms with van der Waals surface area (Å²) in [5.74, 6) is 0. The smallest absolute Gasteiger partial charge is 0.309 e. The van der Waals surface area contributed by atoms with E-state index in [0.29, 0.717) is 22.1 Å². The van der Waals surface area contributed by atoms with E-state index in [1.807, 2.05) is 74.5 Å². The molecule has 238 valence electrons. The summed E-state index contributed by atoms with van der Waals surface area (Å²) in [7, 11) is 0. The van der Waals surface area contributed by atoms with Crippen LogP contribution in [0.25, 0.3) is 66.1 Å². The van der Waals surface area contributed by atoms with Crippen molar-refractivity contribution >= 4 is 43.6 Å². The Hall–Kier alpha value is -5.50. The first kappa shape index (κ1) is 29.9. The maximum Gasteiger partial charge on any atom is 0.418 e. The lowest BCUT2D eigenvalue weighted by Gasteiger charge is -2.23. The lowest BCUT2D eigenvalue weighted by atomic mass is 9.94. The molecule has 48 heavy (non-hydrogen) atoms. The van der Waals surface area contributed by atoms with Crippen molar-refractivity contribution in [2.45, 2.75) is 26.2 Å². The van der Waals surface area contributed by atoms with Gasteiger partial charge in [0.2, 0.25) is 0 Å². The molecule has 2 aromatic heterocycles. The van der Waals surface area contributed by atoms with Crippen LogP contribution in [0.2, 0.25) is 0 Å². The summed E-state index contributed by atoms with van der Waals surface area (Å²) < 4.78 is 93.5. The van der Waals surface area contributed by atoms with Gasteiger partial charge in [-0.3, -0.25) is 0 Å². The molecule has 0 spiro atoms. The molecule has 2 heterocycles. The third-order valence-corrected chi connectivity index (χ3v) is 9.08. The molecule has 8 heteroatoms. The highest BCUT2D eigenvalue weighted by atomic mass is 19.4. The zero-order valence-electron chi connectivity index (χ0n) is 25.7. The average molecular weight is 649 g/mol. The van der Waals surface area contributed by atoms with Crippen LogP contribution in [0.1, 0.15) is 22.3 Å². The summed E-state index contributed by atoms with van der Waals surface area (Å²) in [4.78, 5) is 0. The van der Waals surface area contributed by atoms with E-state index in [0.717, 1.165) is 44.8 Å². The minimum absolute atomic E-state index is 0.00322. The van der Waals surface area contributed by atoms with Crippen LogP contribution < -0.4 is 0 Å². The molecule has 0 radical (unpaired) electrons. The Balaban J connectivity index is 1.60. The minimum Gasteiger partial charge on any atom is -0.309 e. The Kier molecular flexibility index (Phi) is 6.54. The fourth-order valence-electron chi connectivity index (χ4n) is 7.04. The van der Waals surface area contributed by atoms with Gasteiger partial charge in [0.15, 0.2) is 0 Å². The molecule has 0 aliphatic rings. The summed E-state index contributed by atoms with van der Waals surface area (Å²) >= 11 is 0. The van der Waals surface area contributed by atoms with Gasteiger partial charge in [0.1, 0.15) is 0 Å². The van der Waals surface area contributed by atoms with Crippen molar-refractivity contribution in [3.8, 4) is 22.5 Å². The van der Waals surface area contributed by atoms with Crippen LogP contribution in [0.4, 0.5) is 26.3 Å². The van der Waals surface area contributed by atoms with E-state index in [2.05, 4.69) is 0 Å².